The summed E-state index contributed by atoms with van der Waals surface area (Å²) in [5, 5.41) is 25.2. The minimum Gasteiger partial charge on any atom is -0.267 e. The molecule has 0 saturated carbocycles. The van der Waals surface area contributed by atoms with E-state index in [4.69, 9.17) is 0 Å². The number of nitro benzene ring substituents is 2. The van der Waals surface area contributed by atoms with Crippen molar-refractivity contribution in [1.29, 1.82) is 0 Å². The Balaban J connectivity index is 2.20. The van der Waals surface area contributed by atoms with Gasteiger partial charge < -0.3 is 0 Å². The molecule has 0 aliphatic carbocycles. The van der Waals surface area contributed by atoms with Crippen LogP contribution in [0.3, 0.4) is 0 Å². The number of carbonyl (C=O) groups excluding carboxylic acids is 1. The van der Waals surface area contributed by atoms with Gasteiger partial charge in [-0.15, -0.1) is 0 Å². The highest BCUT2D eigenvalue weighted by Gasteiger charge is 2.19. The van der Waals surface area contributed by atoms with Crippen LogP contribution in [0.15, 0.2) is 47.8 Å². The Kier molecular flexibility index (Phi) is 4.67. The van der Waals surface area contributed by atoms with E-state index in [1.54, 1.807) is 18.3 Å². The summed E-state index contributed by atoms with van der Waals surface area (Å²) in [6.07, 6.45) is 4.39. The first-order valence-corrected chi connectivity index (χ1v) is 6.14. The summed E-state index contributed by atoms with van der Waals surface area (Å²) < 4.78 is 0. The van der Waals surface area contributed by atoms with Gasteiger partial charge in [0.05, 0.1) is 27.7 Å². The lowest BCUT2D eigenvalue weighted by Gasteiger charge is -2.00. The van der Waals surface area contributed by atoms with Crippen molar-refractivity contribution >= 4 is 23.5 Å². The molecule has 1 aromatic carbocycles. The maximum Gasteiger partial charge on any atom is 0.277 e. The van der Waals surface area contributed by atoms with Crippen molar-refractivity contribution in [3.63, 3.8) is 0 Å². The third kappa shape index (κ3) is 4.14. The number of nitro groups is 2. The van der Waals surface area contributed by atoms with E-state index in [2.05, 4.69) is 15.5 Å². The minimum atomic E-state index is -0.817. The molecule has 0 radical (unpaired) electrons. The average Bonchev–Trinajstić information content (AvgIpc) is 2.55. The molecule has 0 aliphatic rings. The van der Waals surface area contributed by atoms with Crippen LogP contribution in [-0.4, -0.2) is 27.0 Å². The van der Waals surface area contributed by atoms with E-state index in [1.807, 2.05) is 0 Å². The molecule has 0 fully saturated rings. The summed E-state index contributed by atoms with van der Waals surface area (Å²) in [5.74, 6) is -0.808. The second-order valence-electron chi connectivity index (χ2n) is 4.24. The molecule has 10 nitrogen and oxygen atoms in total. The molecular formula is C13H9N5O5. The molecule has 0 bridgehead atoms. The Morgan fingerprint density at radius 2 is 1.83 bits per heavy atom. The molecular weight excluding hydrogens is 306 g/mol. The van der Waals surface area contributed by atoms with Gasteiger partial charge in [0, 0.05) is 30.1 Å². The van der Waals surface area contributed by atoms with E-state index in [0.29, 0.717) is 5.56 Å². The molecule has 0 aliphatic heterocycles. The normalized spacial score (nSPS) is 10.4. The molecule has 23 heavy (non-hydrogen) atoms. The first-order valence-electron chi connectivity index (χ1n) is 6.14. The molecule has 0 unspecified atom stereocenters. The zero-order valence-electron chi connectivity index (χ0n) is 11.4. The molecule has 0 saturated heterocycles. The molecule has 0 spiro atoms. The van der Waals surface area contributed by atoms with E-state index in [-0.39, 0.29) is 5.56 Å². The average molecular weight is 315 g/mol. The van der Waals surface area contributed by atoms with E-state index in [1.165, 1.54) is 12.4 Å². The highest BCUT2D eigenvalue weighted by molar-refractivity contribution is 5.96. The molecule has 2 rings (SSSR count). The maximum atomic E-state index is 11.9. The van der Waals surface area contributed by atoms with Crippen molar-refractivity contribution in [3.8, 4) is 0 Å². The Labute approximate surface area is 128 Å². The summed E-state index contributed by atoms with van der Waals surface area (Å²) in [4.78, 5) is 35.6. The molecule has 1 N–H and O–H groups in total. The first kappa shape index (κ1) is 15.7. The summed E-state index contributed by atoms with van der Waals surface area (Å²) in [5.41, 5.74) is 1.41. The highest BCUT2D eigenvalue weighted by Crippen LogP contribution is 2.22. The van der Waals surface area contributed by atoms with Crippen molar-refractivity contribution in [1.82, 2.24) is 10.4 Å². The van der Waals surface area contributed by atoms with Crippen molar-refractivity contribution in [2.24, 2.45) is 5.10 Å². The van der Waals surface area contributed by atoms with Gasteiger partial charge >= 0.3 is 0 Å². The minimum absolute atomic E-state index is 0.241. The Morgan fingerprint density at radius 3 is 2.35 bits per heavy atom. The lowest BCUT2D eigenvalue weighted by Crippen LogP contribution is -2.18. The lowest BCUT2D eigenvalue weighted by atomic mass is 10.1. The van der Waals surface area contributed by atoms with Gasteiger partial charge in [-0.1, -0.05) is 6.07 Å². The number of aromatic nitrogens is 1. The van der Waals surface area contributed by atoms with Crippen molar-refractivity contribution in [3.05, 3.63) is 74.1 Å². The van der Waals surface area contributed by atoms with Crippen LogP contribution in [0.5, 0.6) is 0 Å². The fraction of sp³-hybridized carbons (Fsp3) is 0. The number of benzene rings is 1. The second-order valence-corrected chi connectivity index (χ2v) is 4.24. The molecule has 1 heterocycles. The Morgan fingerprint density at radius 1 is 1.17 bits per heavy atom. The van der Waals surface area contributed by atoms with E-state index in [0.717, 1.165) is 18.2 Å². The van der Waals surface area contributed by atoms with E-state index in [9.17, 15) is 25.0 Å². The van der Waals surface area contributed by atoms with Crippen LogP contribution in [0.4, 0.5) is 11.4 Å². The second kappa shape index (κ2) is 6.85. The number of nitrogens with zero attached hydrogens (tertiary/aromatic N) is 4. The van der Waals surface area contributed by atoms with Gasteiger partial charge in [0.2, 0.25) is 0 Å². The predicted molar refractivity (Wildman–Crippen MR) is 79.0 cm³/mol. The molecule has 1 amide bonds. The van der Waals surface area contributed by atoms with Gasteiger partial charge in [-0.25, -0.2) is 5.43 Å². The summed E-state index contributed by atoms with van der Waals surface area (Å²) >= 11 is 0. The number of carbonyl (C=O) groups is 1. The fourth-order valence-corrected chi connectivity index (χ4v) is 1.62. The fourth-order valence-electron chi connectivity index (χ4n) is 1.62. The van der Waals surface area contributed by atoms with Gasteiger partial charge in [0.1, 0.15) is 0 Å². The largest absolute Gasteiger partial charge is 0.277 e. The number of nitrogens with one attached hydrogen (secondary N) is 1. The Hall–Kier alpha value is -3.69. The van der Waals surface area contributed by atoms with Gasteiger partial charge in [-0.05, 0) is 6.07 Å². The van der Waals surface area contributed by atoms with Crippen molar-refractivity contribution < 1.29 is 14.6 Å². The molecule has 0 atom stereocenters. The number of amides is 1. The standard InChI is InChI=1S/C13H9N5O5/c19-13(16-15-8-9-2-1-3-14-7-9)10-4-11(17(20)21)6-12(5-10)18(22)23/h1-8H,(H,16,19). The molecule has 2 aromatic rings. The first-order chi connectivity index (χ1) is 11.0. The van der Waals surface area contributed by atoms with Crippen LogP contribution in [0.1, 0.15) is 15.9 Å². The number of hydrogen-bond acceptors (Lipinski definition) is 7. The summed E-state index contributed by atoms with van der Waals surface area (Å²) in [6, 6.07) is 6.01. The Bertz CT molecular complexity index is 758. The van der Waals surface area contributed by atoms with Gasteiger partial charge in [0.25, 0.3) is 17.3 Å². The van der Waals surface area contributed by atoms with Crippen LogP contribution in [-0.2, 0) is 0 Å². The third-order valence-electron chi connectivity index (χ3n) is 2.65. The zero-order chi connectivity index (χ0) is 16.8. The van der Waals surface area contributed by atoms with Crippen LogP contribution in [0, 0.1) is 20.2 Å². The molecule has 1 aromatic heterocycles. The summed E-state index contributed by atoms with van der Waals surface area (Å²) in [7, 11) is 0. The third-order valence-corrected chi connectivity index (χ3v) is 2.65. The number of hydrogen-bond donors (Lipinski definition) is 1. The number of non-ortho nitro benzene ring substituents is 2. The number of rotatable bonds is 5. The smallest absolute Gasteiger partial charge is 0.267 e. The quantitative estimate of drug-likeness (QED) is 0.505. The van der Waals surface area contributed by atoms with Crippen LogP contribution >= 0.6 is 0 Å². The highest BCUT2D eigenvalue weighted by atomic mass is 16.6. The number of pyridine rings is 1. The number of hydrazone groups is 1. The van der Waals surface area contributed by atoms with E-state index >= 15 is 0 Å². The lowest BCUT2D eigenvalue weighted by molar-refractivity contribution is -0.394. The van der Waals surface area contributed by atoms with Crippen molar-refractivity contribution in [2.75, 3.05) is 0 Å². The van der Waals surface area contributed by atoms with Crippen LogP contribution in [0.25, 0.3) is 0 Å². The molecule has 10 heteroatoms. The SMILES string of the molecule is O=C(NN=Cc1cccnc1)c1cc([N+](=O)[O-])cc([N+](=O)[O-])c1. The van der Waals surface area contributed by atoms with E-state index < -0.39 is 27.1 Å². The topological polar surface area (TPSA) is 141 Å². The monoisotopic (exact) mass is 315 g/mol. The molecule has 116 valence electrons. The van der Waals surface area contributed by atoms with Gasteiger partial charge in [-0.2, -0.15) is 5.10 Å². The predicted octanol–water partition coefficient (Wildman–Crippen LogP) is 1.66. The maximum absolute atomic E-state index is 11.9. The van der Waals surface area contributed by atoms with Crippen LogP contribution < -0.4 is 5.43 Å². The van der Waals surface area contributed by atoms with Crippen LogP contribution in [0.2, 0.25) is 0 Å². The van der Waals surface area contributed by atoms with Crippen molar-refractivity contribution in [2.45, 2.75) is 0 Å². The summed E-state index contributed by atoms with van der Waals surface area (Å²) in [6.45, 7) is 0. The van der Waals surface area contributed by atoms with Gasteiger partial charge in [0.15, 0.2) is 0 Å². The zero-order valence-corrected chi connectivity index (χ0v) is 11.4. The van der Waals surface area contributed by atoms with Gasteiger partial charge in [-0.3, -0.25) is 30.0 Å².